The number of tetrazole rings is 1. The van der Waals surface area contributed by atoms with Gasteiger partial charge in [0.1, 0.15) is 5.82 Å². The number of aryl methyl sites for hydroxylation is 1. The highest BCUT2D eigenvalue weighted by atomic mass is 16.4. The summed E-state index contributed by atoms with van der Waals surface area (Å²) >= 11 is 0. The lowest BCUT2D eigenvalue weighted by atomic mass is 10.2. The molecular weight excluding hydrogens is 174 g/mol. The van der Waals surface area contributed by atoms with E-state index in [9.17, 15) is 4.79 Å². The molecule has 0 aliphatic heterocycles. The van der Waals surface area contributed by atoms with Gasteiger partial charge in [-0.25, -0.2) is 9.89 Å². The van der Waals surface area contributed by atoms with Crippen molar-refractivity contribution < 1.29 is 9.90 Å². The summed E-state index contributed by atoms with van der Waals surface area (Å²) in [4.78, 5) is 10.0. The molecule has 7 heteroatoms. The van der Waals surface area contributed by atoms with Crippen LogP contribution in [0.2, 0.25) is 0 Å². The average Bonchev–Trinajstić information content (AvgIpc) is 2.55. The maximum atomic E-state index is 10.0. The molecule has 0 saturated carbocycles. The van der Waals surface area contributed by atoms with Crippen LogP contribution in [0.25, 0.3) is 0 Å². The summed E-state index contributed by atoms with van der Waals surface area (Å²) in [6, 6.07) is 0. The molecule has 3 N–H and O–H groups in total. The van der Waals surface area contributed by atoms with Crippen LogP contribution in [-0.2, 0) is 6.42 Å². The van der Waals surface area contributed by atoms with E-state index in [2.05, 4.69) is 25.9 Å². The number of hydrogen-bond acceptors (Lipinski definition) is 4. The van der Waals surface area contributed by atoms with Crippen molar-refractivity contribution in [2.24, 2.45) is 0 Å². The van der Waals surface area contributed by atoms with Gasteiger partial charge in [0.15, 0.2) is 0 Å². The molecule has 13 heavy (non-hydrogen) atoms. The first-order valence-corrected chi connectivity index (χ1v) is 3.98. The monoisotopic (exact) mass is 185 g/mol. The predicted octanol–water partition coefficient (Wildman–Crippen LogP) is -0.210. The summed E-state index contributed by atoms with van der Waals surface area (Å²) in [5, 5.41) is 23.7. The molecule has 1 amide bonds. The van der Waals surface area contributed by atoms with Gasteiger partial charge in [-0.2, -0.15) is 0 Å². The number of carbonyl (C=O) groups is 1. The Morgan fingerprint density at radius 1 is 1.54 bits per heavy atom. The molecule has 1 rings (SSSR count). The molecule has 1 aromatic heterocycles. The van der Waals surface area contributed by atoms with Crippen molar-refractivity contribution in [3.05, 3.63) is 5.82 Å². The van der Waals surface area contributed by atoms with Crippen molar-refractivity contribution in [1.82, 2.24) is 25.9 Å². The van der Waals surface area contributed by atoms with E-state index in [0.29, 0.717) is 6.54 Å². The fraction of sp³-hybridized carbons (Fsp3) is 0.667. The number of aromatic amines is 1. The lowest BCUT2D eigenvalue weighted by Crippen LogP contribution is -2.21. The number of aromatic nitrogens is 4. The Kier molecular flexibility index (Phi) is 3.68. The summed E-state index contributed by atoms with van der Waals surface area (Å²) in [5.41, 5.74) is 0. The molecule has 0 bridgehead atoms. The standard InChI is InChI=1S/C6H11N5O2/c12-6(13)7-4-2-1-3-5-8-10-11-9-5/h7H,1-4H2,(H,12,13)(H,8,9,10,11). The second-order valence-electron chi connectivity index (χ2n) is 2.54. The molecule has 0 radical (unpaired) electrons. The normalized spacial score (nSPS) is 9.85. The molecule has 0 aromatic carbocycles. The Morgan fingerprint density at radius 3 is 3.00 bits per heavy atom. The van der Waals surface area contributed by atoms with E-state index in [1.165, 1.54) is 0 Å². The minimum Gasteiger partial charge on any atom is -0.465 e. The number of hydrogen-bond donors (Lipinski definition) is 3. The Labute approximate surface area is 74.5 Å². The molecule has 1 aromatic rings. The number of nitrogens with zero attached hydrogens (tertiary/aromatic N) is 3. The molecule has 0 spiro atoms. The van der Waals surface area contributed by atoms with Crippen LogP contribution in [0.4, 0.5) is 4.79 Å². The van der Waals surface area contributed by atoms with Gasteiger partial charge >= 0.3 is 6.09 Å². The zero-order valence-corrected chi connectivity index (χ0v) is 7.03. The first-order valence-electron chi connectivity index (χ1n) is 3.98. The smallest absolute Gasteiger partial charge is 0.404 e. The average molecular weight is 185 g/mol. The van der Waals surface area contributed by atoms with Crippen molar-refractivity contribution >= 4 is 6.09 Å². The largest absolute Gasteiger partial charge is 0.465 e. The second-order valence-corrected chi connectivity index (χ2v) is 2.54. The van der Waals surface area contributed by atoms with Crippen molar-refractivity contribution in [2.75, 3.05) is 6.54 Å². The van der Waals surface area contributed by atoms with Gasteiger partial charge in [-0.15, -0.1) is 5.10 Å². The highest BCUT2D eigenvalue weighted by molar-refractivity contribution is 5.64. The molecule has 0 aliphatic carbocycles. The molecule has 0 fully saturated rings. The maximum absolute atomic E-state index is 10.0. The summed E-state index contributed by atoms with van der Waals surface area (Å²) < 4.78 is 0. The van der Waals surface area contributed by atoms with Gasteiger partial charge in [-0.1, -0.05) is 0 Å². The van der Waals surface area contributed by atoms with Crippen LogP contribution in [0.3, 0.4) is 0 Å². The fourth-order valence-corrected chi connectivity index (χ4v) is 0.897. The van der Waals surface area contributed by atoms with Gasteiger partial charge in [0.25, 0.3) is 0 Å². The summed E-state index contributed by atoms with van der Waals surface area (Å²) in [5.74, 6) is 0.732. The topological polar surface area (TPSA) is 104 Å². The first kappa shape index (κ1) is 9.43. The third-order valence-electron chi connectivity index (χ3n) is 1.51. The van der Waals surface area contributed by atoms with Gasteiger partial charge in [0.05, 0.1) is 0 Å². The van der Waals surface area contributed by atoms with Crippen LogP contribution in [0, 0.1) is 0 Å². The van der Waals surface area contributed by atoms with Crippen LogP contribution in [0.1, 0.15) is 18.7 Å². The molecule has 7 nitrogen and oxygen atoms in total. The Morgan fingerprint density at radius 2 is 2.38 bits per heavy atom. The van der Waals surface area contributed by atoms with Gasteiger partial charge in [0, 0.05) is 13.0 Å². The van der Waals surface area contributed by atoms with E-state index in [1.807, 2.05) is 0 Å². The van der Waals surface area contributed by atoms with Gasteiger partial charge < -0.3 is 10.4 Å². The minimum atomic E-state index is -0.985. The Hall–Kier alpha value is -1.66. The molecular formula is C6H11N5O2. The van der Waals surface area contributed by atoms with Crippen LogP contribution in [-0.4, -0.2) is 38.4 Å². The fourth-order valence-electron chi connectivity index (χ4n) is 0.897. The van der Waals surface area contributed by atoms with Gasteiger partial charge in [-0.05, 0) is 23.3 Å². The van der Waals surface area contributed by atoms with Gasteiger partial charge in [-0.3, -0.25) is 0 Å². The number of amides is 1. The van der Waals surface area contributed by atoms with Crippen molar-refractivity contribution in [3.63, 3.8) is 0 Å². The SMILES string of the molecule is O=C(O)NCCCCc1nnn[nH]1. The Bertz CT molecular complexity index is 248. The van der Waals surface area contributed by atoms with Crippen LogP contribution in [0.5, 0.6) is 0 Å². The van der Waals surface area contributed by atoms with Crippen molar-refractivity contribution in [2.45, 2.75) is 19.3 Å². The lowest BCUT2D eigenvalue weighted by molar-refractivity contribution is 0.194. The highest BCUT2D eigenvalue weighted by Crippen LogP contribution is 1.95. The van der Waals surface area contributed by atoms with E-state index < -0.39 is 6.09 Å². The number of rotatable bonds is 5. The second kappa shape index (κ2) is 5.07. The van der Waals surface area contributed by atoms with E-state index in [1.54, 1.807) is 0 Å². The number of carboxylic acid groups (broad SMARTS) is 1. The maximum Gasteiger partial charge on any atom is 0.404 e. The van der Waals surface area contributed by atoms with Gasteiger partial charge in [0.2, 0.25) is 0 Å². The zero-order valence-electron chi connectivity index (χ0n) is 7.03. The predicted molar refractivity (Wildman–Crippen MR) is 43.1 cm³/mol. The molecule has 0 atom stereocenters. The van der Waals surface area contributed by atoms with Crippen molar-refractivity contribution in [3.8, 4) is 0 Å². The Balaban J connectivity index is 1.99. The third kappa shape index (κ3) is 4.04. The van der Waals surface area contributed by atoms with Crippen LogP contribution in [0.15, 0.2) is 0 Å². The summed E-state index contributed by atoms with van der Waals surface area (Å²) in [6.07, 6.45) is 1.40. The van der Waals surface area contributed by atoms with Crippen LogP contribution < -0.4 is 5.32 Å². The third-order valence-corrected chi connectivity index (χ3v) is 1.51. The molecule has 0 saturated heterocycles. The molecule has 0 aliphatic rings. The molecule has 72 valence electrons. The zero-order chi connectivity index (χ0) is 9.52. The lowest BCUT2D eigenvalue weighted by Gasteiger charge is -1.98. The molecule has 1 heterocycles. The highest BCUT2D eigenvalue weighted by Gasteiger charge is 1.97. The van der Waals surface area contributed by atoms with E-state index >= 15 is 0 Å². The quantitative estimate of drug-likeness (QED) is 0.550. The van der Waals surface area contributed by atoms with Crippen molar-refractivity contribution in [1.29, 1.82) is 0 Å². The number of nitrogens with one attached hydrogen (secondary N) is 2. The number of H-pyrrole nitrogens is 1. The van der Waals surface area contributed by atoms with Crippen LogP contribution >= 0.6 is 0 Å². The number of unbranched alkanes of at least 4 members (excludes halogenated alkanes) is 1. The summed E-state index contributed by atoms with van der Waals surface area (Å²) in [7, 11) is 0. The van der Waals surface area contributed by atoms with E-state index in [-0.39, 0.29) is 0 Å². The van der Waals surface area contributed by atoms with E-state index in [0.717, 1.165) is 25.1 Å². The summed E-state index contributed by atoms with van der Waals surface area (Å²) in [6.45, 7) is 0.469. The molecule has 0 unspecified atom stereocenters. The van der Waals surface area contributed by atoms with E-state index in [4.69, 9.17) is 5.11 Å². The first-order chi connectivity index (χ1) is 6.29. The minimum absolute atomic E-state index is 0.469.